The van der Waals surface area contributed by atoms with Gasteiger partial charge in [0.1, 0.15) is 5.75 Å². The molecular formula is C13H21N3O. The van der Waals surface area contributed by atoms with E-state index >= 15 is 0 Å². The van der Waals surface area contributed by atoms with Crippen molar-refractivity contribution in [1.29, 1.82) is 0 Å². The van der Waals surface area contributed by atoms with Gasteiger partial charge in [-0.1, -0.05) is 6.07 Å². The molecule has 1 aromatic rings. The zero-order valence-electron chi connectivity index (χ0n) is 10.9. The minimum Gasteiger partial charge on any atom is -0.494 e. The van der Waals surface area contributed by atoms with Gasteiger partial charge in [0.15, 0.2) is 5.96 Å². The maximum absolute atomic E-state index is 5.81. The standard InChI is InChI=1S/C13H21N3O/c1-5-17-11-8-6-7-10(9-11)15-12(14)16-13(2,3)4/h6-9H,5H2,1-4H3,(H3,14,15,16). The number of ether oxygens (including phenoxy) is 1. The fourth-order valence-electron chi connectivity index (χ4n) is 1.37. The van der Waals surface area contributed by atoms with Gasteiger partial charge in [0.2, 0.25) is 0 Å². The molecule has 0 spiro atoms. The highest BCUT2D eigenvalue weighted by Crippen LogP contribution is 2.17. The summed E-state index contributed by atoms with van der Waals surface area (Å²) in [7, 11) is 0. The predicted octanol–water partition coefficient (Wildman–Crippen LogP) is 2.61. The van der Waals surface area contributed by atoms with E-state index in [4.69, 9.17) is 10.5 Å². The van der Waals surface area contributed by atoms with Gasteiger partial charge < -0.3 is 15.8 Å². The molecule has 1 aromatic carbocycles. The molecule has 0 fully saturated rings. The molecule has 1 rings (SSSR count). The zero-order valence-corrected chi connectivity index (χ0v) is 10.9. The summed E-state index contributed by atoms with van der Waals surface area (Å²) >= 11 is 0. The van der Waals surface area contributed by atoms with Gasteiger partial charge in [-0.25, -0.2) is 4.99 Å². The molecule has 0 bridgehead atoms. The Balaban J connectivity index is 2.75. The molecule has 4 heteroatoms. The average molecular weight is 235 g/mol. The molecule has 0 aliphatic rings. The molecule has 0 aromatic heterocycles. The minimum atomic E-state index is -0.186. The topological polar surface area (TPSA) is 59.6 Å². The minimum absolute atomic E-state index is 0.186. The smallest absolute Gasteiger partial charge is 0.193 e. The number of nitrogens with two attached hydrogens (primary N) is 1. The lowest BCUT2D eigenvalue weighted by molar-refractivity contribution is 0.340. The highest BCUT2D eigenvalue weighted by molar-refractivity contribution is 5.92. The van der Waals surface area contributed by atoms with Crippen LogP contribution in [0.1, 0.15) is 27.7 Å². The Kier molecular flexibility index (Phi) is 4.37. The van der Waals surface area contributed by atoms with Gasteiger partial charge in [-0.15, -0.1) is 0 Å². The first-order chi connectivity index (χ1) is 7.90. The molecule has 0 saturated heterocycles. The first kappa shape index (κ1) is 13.4. The second-order valence-corrected chi connectivity index (χ2v) is 4.75. The highest BCUT2D eigenvalue weighted by atomic mass is 16.5. The molecule has 0 saturated carbocycles. The number of anilines is 1. The monoisotopic (exact) mass is 235 g/mol. The van der Waals surface area contributed by atoms with Crippen LogP contribution in [0.15, 0.2) is 29.3 Å². The van der Waals surface area contributed by atoms with Crippen LogP contribution in [0.5, 0.6) is 5.75 Å². The summed E-state index contributed by atoms with van der Waals surface area (Å²) in [5.74, 6) is 1.23. The van der Waals surface area contributed by atoms with Crippen molar-refractivity contribution in [3.63, 3.8) is 0 Å². The van der Waals surface area contributed by atoms with Crippen molar-refractivity contribution < 1.29 is 4.74 Å². The van der Waals surface area contributed by atoms with E-state index in [0.29, 0.717) is 12.6 Å². The normalized spacial score (nSPS) is 12.4. The first-order valence-electron chi connectivity index (χ1n) is 5.76. The lowest BCUT2D eigenvalue weighted by atomic mass is 10.1. The van der Waals surface area contributed by atoms with Crippen molar-refractivity contribution in [2.45, 2.75) is 33.2 Å². The van der Waals surface area contributed by atoms with Crippen molar-refractivity contribution in [2.24, 2.45) is 10.7 Å². The van der Waals surface area contributed by atoms with Crippen molar-refractivity contribution in [2.75, 3.05) is 11.9 Å². The number of rotatable bonds is 3. The van der Waals surface area contributed by atoms with E-state index in [0.717, 1.165) is 11.4 Å². The van der Waals surface area contributed by atoms with Gasteiger partial charge in [-0.05, 0) is 39.8 Å². The van der Waals surface area contributed by atoms with Crippen LogP contribution in [0.25, 0.3) is 0 Å². The van der Waals surface area contributed by atoms with Crippen LogP contribution in [-0.4, -0.2) is 18.1 Å². The van der Waals surface area contributed by atoms with Gasteiger partial charge in [-0.2, -0.15) is 0 Å². The fraction of sp³-hybridized carbons (Fsp3) is 0.462. The van der Waals surface area contributed by atoms with Crippen molar-refractivity contribution >= 4 is 11.6 Å². The van der Waals surface area contributed by atoms with Crippen LogP contribution < -0.4 is 15.8 Å². The molecule has 94 valence electrons. The predicted molar refractivity (Wildman–Crippen MR) is 72.6 cm³/mol. The Labute approximate surface area is 103 Å². The van der Waals surface area contributed by atoms with Crippen LogP contribution >= 0.6 is 0 Å². The molecule has 0 unspecified atom stereocenters. The number of hydrogen-bond acceptors (Lipinski definition) is 2. The van der Waals surface area contributed by atoms with E-state index in [2.05, 4.69) is 10.3 Å². The quantitative estimate of drug-likeness (QED) is 0.625. The maximum atomic E-state index is 5.81. The lowest BCUT2D eigenvalue weighted by Gasteiger charge is -2.14. The first-order valence-corrected chi connectivity index (χ1v) is 5.76. The maximum Gasteiger partial charge on any atom is 0.193 e. The molecule has 0 atom stereocenters. The molecule has 17 heavy (non-hydrogen) atoms. The molecule has 0 radical (unpaired) electrons. The second-order valence-electron chi connectivity index (χ2n) is 4.75. The van der Waals surface area contributed by atoms with Crippen molar-refractivity contribution in [3.8, 4) is 5.75 Å². The molecule has 0 amide bonds. The lowest BCUT2D eigenvalue weighted by Crippen LogP contribution is -2.27. The molecule has 0 heterocycles. The number of hydrogen-bond donors (Lipinski definition) is 2. The zero-order chi connectivity index (χ0) is 12.9. The van der Waals surface area contributed by atoms with E-state index < -0.39 is 0 Å². The summed E-state index contributed by atoms with van der Waals surface area (Å²) in [5, 5.41) is 3.04. The summed E-state index contributed by atoms with van der Waals surface area (Å²) in [4.78, 5) is 4.32. The third kappa shape index (κ3) is 5.24. The Morgan fingerprint density at radius 1 is 1.41 bits per heavy atom. The van der Waals surface area contributed by atoms with Gasteiger partial charge in [-0.3, -0.25) is 0 Å². The SMILES string of the molecule is CCOc1cccc(NC(N)=NC(C)(C)C)c1. The Morgan fingerprint density at radius 2 is 2.12 bits per heavy atom. The van der Waals surface area contributed by atoms with E-state index in [1.807, 2.05) is 52.0 Å². The van der Waals surface area contributed by atoms with Crippen molar-refractivity contribution in [3.05, 3.63) is 24.3 Å². The van der Waals surface area contributed by atoms with Gasteiger partial charge >= 0.3 is 0 Å². The Morgan fingerprint density at radius 3 is 2.71 bits per heavy atom. The number of benzene rings is 1. The summed E-state index contributed by atoms with van der Waals surface area (Å²) in [6, 6.07) is 7.64. The molecular weight excluding hydrogens is 214 g/mol. The van der Waals surface area contributed by atoms with E-state index in [1.54, 1.807) is 0 Å². The van der Waals surface area contributed by atoms with Gasteiger partial charge in [0.25, 0.3) is 0 Å². The summed E-state index contributed by atoms with van der Waals surface area (Å²) in [6.07, 6.45) is 0. The fourth-order valence-corrected chi connectivity index (χ4v) is 1.37. The summed E-state index contributed by atoms with van der Waals surface area (Å²) in [5.41, 5.74) is 6.50. The Hall–Kier alpha value is -1.71. The largest absolute Gasteiger partial charge is 0.494 e. The number of guanidine groups is 1. The number of aliphatic imine (C=N–C) groups is 1. The van der Waals surface area contributed by atoms with Gasteiger partial charge in [0, 0.05) is 11.8 Å². The third-order valence-electron chi connectivity index (χ3n) is 1.87. The molecule has 0 aliphatic heterocycles. The van der Waals surface area contributed by atoms with Gasteiger partial charge in [0.05, 0.1) is 12.1 Å². The number of nitrogens with one attached hydrogen (secondary N) is 1. The summed E-state index contributed by atoms with van der Waals surface area (Å²) < 4.78 is 5.41. The molecule has 0 aliphatic carbocycles. The Bertz CT molecular complexity index is 394. The highest BCUT2D eigenvalue weighted by Gasteiger charge is 2.08. The van der Waals surface area contributed by atoms with E-state index in [1.165, 1.54) is 0 Å². The van der Waals surface area contributed by atoms with E-state index in [-0.39, 0.29) is 5.54 Å². The third-order valence-corrected chi connectivity index (χ3v) is 1.87. The van der Waals surface area contributed by atoms with Crippen LogP contribution in [0.4, 0.5) is 5.69 Å². The van der Waals surface area contributed by atoms with Crippen LogP contribution in [0.2, 0.25) is 0 Å². The van der Waals surface area contributed by atoms with Crippen LogP contribution in [0, 0.1) is 0 Å². The molecule has 4 nitrogen and oxygen atoms in total. The summed E-state index contributed by atoms with van der Waals surface area (Å²) in [6.45, 7) is 8.60. The molecule has 3 N–H and O–H groups in total. The average Bonchev–Trinajstić information content (AvgIpc) is 2.15. The number of nitrogens with zero attached hydrogens (tertiary/aromatic N) is 1. The van der Waals surface area contributed by atoms with Crippen molar-refractivity contribution in [1.82, 2.24) is 0 Å². The van der Waals surface area contributed by atoms with E-state index in [9.17, 15) is 0 Å². The van der Waals surface area contributed by atoms with Crippen LogP contribution in [-0.2, 0) is 0 Å². The van der Waals surface area contributed by atoms with Crippen LogP contribution in [0.3, 0.4) is 0 Å². The second kappa shape index (κ2) is 5.57.